The summed E-state index contributed by atoms with van der Waals surface area (Å²) in [5.41, 5.74) is 1.17. The predicted molar refractivity (Wildman–Crippen MR) is 54.3 cm³/mol. The van der Waals surface area contributed by atoms with Crippen LogP contribution in [0.3, 0.4) is 0 Å². The Bertz CT molecular complexity index is 189. The van der Waals surface area contributed by atoms with E-state index in [9.17, 15) is 4.39 Å². The molecule has 0 spiro atoms. The molecule has 0 saturated carbocycles. The highest BCUT2D eigenvalue weighted by molar-refractivity contribution is 5.06. The van der Waals surface area contributed by atoms with Crippen LogP contribution in [0.1, 0.15) is 40.0 Å². The topological polar surface area (TPSA) is 3.24 Å². The van der Waals surface area contributed by atoms with E-state index < -0.39 is 6.17 Å². The molecular formula is C11H20FN. The zero-order valence-electron chi connectivity index (χ0n) is 8.89. The van der Waals surface area contributed by atoms with E-state index in [1.165, 1.54) is 12.0 Å². The first-order valence-electron chi connectivity index (χ1n) is 5.22. The molecule has 1 aliphatic rings. The number of halogens is 1. The van der Waals surface area contributed by atoms with E-state index in [2.05, 4.69) is 18.0 Å². The van der Waals surface area contributed by atoms with E-state index >= 15 is 0 Å². The molecule has 0 saturated heterocycles. The van der Waals surface area contributed by atoms with Crippen LogP contribution in [-0.4, -0.2) is 23.7 Å². The van der Waals surface area contributed by atoms with Crippen LogP contribution in [0.4, 0.5) is 4.39 Å². The summed E-state index contributed by atoms with van der Waals surface area (Å²) in [7, 11) is 0. The van der Waals surface area contributed by atoms with Gasteiger partial charge in [-0.15, -0.1) is 0 Å². The average molecular weight is 185 g/mol. The Morgan fingerprint density at radius 1 is 1.62 bits per heavy atom. The molecular weight excluding hydrogens is 165 g/mol. The van der Waals surface area contributed by atoms with Gasteiger partial charge in [0.2, 0.25) is 0 Å². The molecule has 1 rings (SSSR count). The smallest absolute Gasteiger partial charge is 0.124 e. The summed E-state index contributed by atoms with van der Waals surface area (Å²) >= 11 is 0. The van der Waals surface area contributed by atoms with Crippen LogP contribution in [-0.2, 0) is 0 Å². The number of nitrogens with zero attached hydrogens (tertiary/aromatic N) is 1. The largest absolute Gasteiger partial charge is 0.372 e. The van der Waals surface area contributed by atoms with Gasteiger partial charge in [-0.1, -0.05) is 18.9 Å². The van der Waals surface area contributed by atoms with Crippen molar-refractivity contribution in [3.63, 3.8) is 0 Å². The molecule has 0 radical (unpaired) electrons. The Hall–Kier alpha value is -0.530. The third kappa shape index (κ3) is 2.71. The Morgan fingerprint density at radius 3 is 2.92 bits per heavy atom. The molecule has 0 aromatic heterocycles. The third-order valence-corrected chi connectivity index (χ3v) is 2.72. The molecule has 0 aliphatic carbocycles. The summed E-state index contributed by atoms with van der Waals surface area (Å²) in [6.45, 7) is 7.15. The van der Waals surface area contributed by atoms with Crippen molar-refractivity contribution in [2.75, 3.05) is 6.54 Å². The van der Waals surface area contributed by atoms with Crippen molar-refractivity contribution in [1.29, 1.82) is 0 Å². The van der Waals surface area contributed by atoms with Crippen molar-refractivity contribution < 1.29 is 4.39 Å². The molecule has 76 valence electrons. The minimum atomic E-state index is -0.679. The van der Waals surface area contributed by atoms with Crippen molar-refractivity contribution >= 4 is 0 Å². The van der Waals surface area contributed by atoms with Gasteiger partial charge in [0, 0.05) is 13.0 Å². The molecule has 0 fully saturated rings. The quantitative estimate of drug-likeness (QED) is 0.653. The molecule has 1 aliphatic heterocycles. The molecule has 2 heteroatoms. The Morgan fingerprint density at radius 2 is 2.31 bits per heavy atom. The number of allylic oxidation sites excluding steroid dienone is 1. The van der Waals surface area contributed by atoms with Gasteiger partial charge in [0.1, 0.15) is 6.17 Å². The predicted octanol–water partition coefficient (Wildman–Crippen LogP) is 3.12. The lowest BCUT2D eigenvalue weighted by Crippen LogP contribution is -2.40. The normalized spacial score (nSPS) is 28.9. The van der Waals surface area contributed by atoms with Gasteiger partial charge in [-0.05, 0) is 26.5 Å². The van der Waals surface area contributed by atoms with Crippen LogP contribution >= 0.6 is 0 Å². The van der Waals surface area contributed by atoms with Gasteiger partial charge in [-0.2, -0.15) is 0 Å². The van der Waals surface area contributed by atoms with Gasteiger partial charge in [0.15, 0.2) is 0 Å². The minimum Gasteiger partial charge on any atom is -0.372 e. The number of hydrogen-bond donors (Lipinski definition) is 0. The highest BCUT2D eigenvalue weighted by Crippen LogP contribution is 2.23. The minimum absolute atomic E-state index is 0.0650. The lowest BCUT2D eigenvalue weighted by atomic mass is 10.0. The molecule has 1 heterocycles. The monoisotopic (exact) mass is 185 g/mol. The van der Waals surface area contributed by atoms with Crippen LogP contribution in [0.2, 0.25) is 0 Å². The highest BCUT2D eigenvalue weighted by atomic mass is 19.1. The summed E-state index contributed by atoms with van der Waals surface area (Å²) in [5, 5.41) is 0. The number of hydrogen-bond acceptors (Lipinski definition) is 1. The Kier molecular flexibility index (Phi) is 3.76. The fraction of sp³-hybridized carbons (Fsp3) is 0.818. The molecule has 1 nitrogen and oxygen atoms in total. The summed E-state index contributed by atoms with van der Waals surface area (Å²) in [6.07, 6.45) is 4.38. The Labute approximate surface area is 80.6 Å². The lowest BCUT2D eigenvalue weighted by molar-refractivity contribution is 0.147. The second-order valence-corrected chi connectivity index (χ2v) is 4.03. The van der Waals surface area contributed by atoms with Crippen LogP contribution in [0.15, 0.2) is 11.8 Å². The second-order valence-electron chi connectivity index (χ2n) is 4.03. The number of unbranched alkanes of at least 4 members (excludes halogenated alkanes) is 1. The van der Waals surface area contributed by atoms with Gasteiger partial charge in [0.25, 0.3) is 0 Å². The van der Waals surface area contributed by atoms with Crippen molar-refractivity contribution in [2.45, 2.75) is 52.2 Å². The van der Waals surface area contributed by atoms with Gasteiger partial charge in [0.05, 0.1) is 6.04 Å². The molecule has 13 heavy (non-hydrogen) atoms. The molecule has 0 N–H and O–H groups in total. The molecule has 0 aromatic rings. The maximum absolute atomic E-state index is 13.4. The molecule has 0 aromatic carbocycles. The summed E-state index contributed by atoms with van der Waals surface area (Å²) in [6, 6.07) is 0.0650. The fourth-order valence-electron chi connectivity index (χ4n) is 1.75. The number of rotatable bonds is 3. The zero-order valence-corrected chi connectivity index (χ0v) is 8.89. The fourth-order valence-corrected chi connectivity index (χ4v) is 1.75. The SMILES string of the molecule is CCCCN1C=C(C)CC(F)C1C. The zero-order chi connectivity index (χ0) is 9.84. The molecule has 2 unspecified atom stereocenters. The van der Waals surface area contributed by atoms with E-state index in [1.807, 2.05) is 13.8 Å². The highest BCUT2D eigenvalue weighted by Gasteiger charge is 2.25. The first-order chi connectivity index (χ1) is 6.15. The van der Waals surface area contributed by atoms with E-state index in [0.717, 1.165) is 13.0 Å². The lowest BCUT2D eigenvalue weighted by Gasteiger charge is -2.35. The van der Waals surface area contributed by atoms with Crippen LogP contribution in [0.25, 0.3) is 0 Å². The van der Waals surface area contributed by atoms with Gasteiger partial charge < -0.3 is 4.90 Å². The third-order valence-electron chi connectivity index (χ3n) is 2.72. The van der Waals surface area contributed by atoms with Crippen LogP contribution in [0.5, 0.6) is 0 Å². The van der Waals surface area contributed by atoms with Crippen molar-refractivity contribution in [1.82, 2.24) is 4.90 Å². The summed E-state index contributed by atoms with van der Waals surface area (Å²) < 4.78 is 13.4. The summed E-state index contributed by atoms with van der Waals surface area (Å²) in [5.74, 6) is 0. The standard InChI is InChI=1S/C11H20FN/c1-4-5-6-13-8-9(2)7-11(12)10(13)3/h8,10-11H,4-7H2,1-3H3. The molecule has 0 bridgehead atoms. The number of alkyl halides is 1. The van der Waals surface area contributed by atoms with Gasteiger partial charge >= 0.3 is 0 Å². The first kappa shape index (κ1) is 10.6. The molecule has 2 atom stereocenters. The van der Waals surface area contributed by atoms with Gasteiger partial charge in [-0.3, -0.25) is 0 Å². The summed E-state index contributed by atoms with van der Waals surface area (Å²) in [4.78, 5) is 2.15. The molecule has 0 amide bonds. The average Bonchev–Trinajstić information content (AvgIpc) is 2.09. The van der Waals surface area contributed by atoms with Crippen molar-refractivity contribution in [3.05, 3.63) is 11.8 Å². The van der Waals surface area contributed by atoms with E-state index in [4.69, 9.17) is 0 Å². The maximum Gasteiger partial charge on any atom is 0.124 e. The van der Waals surface area contributed by atoms with Crippen molar-refractivity contribution in [2.24, 2.45) is 0 Å². The second kappa shape index (κ2) is 4.64. The first-order valence-corrected chi connectivity index (χ1v) is 5.22. The van der Waals surface area contributed by atoms with E-state index in [1.54, 1.807) is 0 Å². The van der Waals surface area contributed by atoms with E-state index in [0.29, 0.717) is 6.42 Å². The van der Waals surface area contributed by atoms with Crippen LogP contribution in [0, 0.1) is 0 Å². The van der Waals surface area contributed by atoms with E-state index in [-0.39, 0.29) is 6.04 Å². The Balaban J connectivity index is 2.54. The van der Waals surface area contributed by atoms with Crippen molar-refractivity contribution in [3.8, 4) is 0 Å². The van der Waals surface area contributed by atoms with Gasteiger partial charge in [-0.25, -0.2) is 4.39 Å². The maximum atomic E-state index is 13.4. The van der Waals surface area contributed by atoms with Crippen LogP contribution < -0.4 is 0 Å².